The first kappa shape index (κ1) is 25.0. The zero-order valence-corrected chi connectivity index (χ0v) is 18.9. The standard InChI is InChI=1S/C21H29N3O2.C2HF3O2/c1-15-13-18(15)19(25)23-11-8-21(9-12-23)7-4-10-24(20(21)26)14-17-6-3-5-16(2)22-17;3-2(4,5)1(6)7/h3,5-6,15,18H,4,7-14H2,1-2H3;(H,6,7). The van der Waals surface area contributed by atoms with Crippen LogP contribution in [-0.2, 0) is 20.9 Å². The first-order valence-corrected chi connectivity index (χ1v) is 11.2. The normalized spacial score (nSPS) is 24.2. The van der Waals surface area contributed by atoms with E-state index >= 15 is 0 Å². The minimum Gasteiger partial charge on any atom is -0.475 e. The van der Waals surface area contributed by atoms with Crippen LogP contribution in [0.3, 0.4) is 0 Å². The highest BCUT2D eigenvalue weighted by Gasteiger charge is 2.48. The van der Waals surface area contributed by atoms with Gasteiger partial charge in [-0.1, -0.05) is 13.0 Å². The smallest absolute Gasteiger partial charge is 0.475 e. The van der Waals surface area contributed by atoms with Crippen LogP contribution < -0.4 is 0 Å². The summed E-state index contributed by atoms with van der Waals surface area (Å²) in [6, 6.07) is 5.99. The maximum Gasteiger partial charge on any atom is 0.490 e. The molecule has 2 saturated heterocycles. The molecule has 33 heavy (non-hydrogen) atoms. The highest BCUT2D eigenvalue weighted by atomic mass is 19.4. The van der Waals surface area contributed by atoms with Crippen LogP contribution in [-0.4, -0.2) is 63.5 Å². The molecule has 0 aromatic carbocycles. The quantitative estimate of drug-likeness (QED) is 0.733. The molecule has 1 saturated carbocycles. The topological polar surface area (TPSA) is 90.8 Å². The van der Waals surface area contributed by atoms with E-state index in [9.17, 15) is 22.8 Å². The molecule has 0 bridgehead atoms. The van der Waals surface area contributed by atoms with E-state index in [1.807, 2.05) is 34.9 Å². The Balaban J connectivity index is 0.000000383. The molecular weight excluding hydrogens is 439 g/mol. The summed E-state index contributed by atoms with van der Waals surface area (Å²) in [6.45, 7) is 7.03. The Labute approximate surface area is 191 Å². The first-order chi connectivity index (χ1) is 15.4. The van der Waals surface area contributed by atoms with Gasteiger partial charge in [-0.3, -0.25) is 14.6 Å². The molecule has 2 aliphatic heterocycles. The van der Waals surface area contributed by atoms with E-state index in [2.05, 4.69) is 11.9 Å². The summed E-state index contributed by atoms with van der Waals surface area (Å²) in [4.78, 5) is 43.2. The monoisotopic (exact) mass is 469 g/mol. The maximum atomic E-state index is 13.3. The van der Waals surface area contributed by atoms with Gasteiger partial charge in [-0.15, -0.1) is 0 Å². The second-order valence-corrected chi connectivity index (χ2v) is 9.33. The fraction of sp³-hybridized carbons (Fsp3) is 0.652. The summed E-state index contributed by atoms with van der Waals surface area (Å²) in [5.74, 6) is -1.37. The van der Waals surface area contributed by atoms with E-state index in [1.54, 1.807) is 0 Å². The number of carbonyl (C=O) groups excluding carboxylic acids is 2. The van der Waals surface area contributed by atoms with Crippen molar-refractivity contribution in [3.63, 3.8) is 0 Å². The largest absolute Gasteiger partial charge is 0.490 e. The fourth-order valence-corrected chi connectivity index (χ4v) is 4.71. The number of piperidine rings is 2. The predicted octanol–water partition coefficient (Wildman–Crippen LogP) is 3.41. The summed E-state index contributed by atoms with van der Waals surface area (Å²) in [5, 5.41) is 7.12. The van der Waals surface area contributed by atoms with Crippen molar-refractivity contribution in [3.8, 4) is 0 Å². The zero-order chi connectivity index (χ0) is 24.4. The van der Waals surface area contributed by atoms with Crippen LogP contribution >= 0.6 is 0 Å². The van der Waals surface area contributed by atoms with Gasteiger partial charge >= 0.3 is 12.1 Å². The number of likely N-dealkylation sites (tertiary alicyclic amines) is 2. The molecule has 182 valence electrons. The number of carboxylic acids is 1. The van der Waals surface area contributed by atoms with E-state index in [1.165, 1.54) is 0 Å². The number of nitrogens with zero attached hydrogens (tertiary/aromatic N) is 3. The number of aryl methyl sites for hydroxylation is 1. The lowest BCUT2D eigenvalue weighted by atomic mass is 9.71. The van der Waals surface area contributed by atoms with Gasteiger partial charge in [-0.2, -0.15) is 13.2 Å². The lowest BCUT2D eigenvalue weighted by Crippen LogP contribution is -2.54. The number of aliphatic carboxylic acids is 1. The Morgan fingerprint density at radius 1 is 1.18 bits per heavy atom. The summed E-state index contributed by atoms with van der Waals surface area (Å²) in [5.41, 5.74) is 1.70. The van der Waals surface area contributed by atoms with Crippen LogP contribution in [0.1, 0.15) is 50.4 Å². The molecule has 1 aromatic rings. The molecule has 1 spiro atoms. The summed E-state index contributed by atoms with van der Waals surface area (Å²) < 4.78 is 31.7. The molecule has 7 nitrogen and oxygen atoms in total. The number of hydrogen-bond acceptors (Lipinski definition) is 4. The van der Waals surface area contributed by atoms with Crippen molar-refractivity contribution in [2.75, 3.05) is 19.6 Å². The van der Waals surface area contributed by atoms with Gasteiger partial charge in [0.05, 0.1) is 17.7 Å². The van der Waals surface area contributed by atoms with Gasteiger partial charge in [-0.05, 0) is 57.1 Å². The van der Waals surface area contributed by atoms with Crippen molar-refractivity contribution < 1.29 is 32.7 Å². The average molecular weight is 470 g/mol. The SMILES string of the molecule is Cc1cccc(CN2CCCC3(CCN(C(=O)C4CC4C)CC3)C2=O)n1.O=C(O)C(F)(F)F. The number of alkyl halides is 3. The van der Waals surface area contributed by atoms with E-state index in [0.717, 1.165) is 63.1 Å². The van der Waals surface area contributed by atoms with Crippen LogP contribution in [0.5, 0.6) is 0 Å². The number of pyridine rings is 1. The van der Waals surface area contributed by atoms with Gasteiger partial charge in [0.25, 0.3) is 0 Å². The molecule has 2 unspecified atom stereocenters. The molecule has 2 amide bonds. The number of carbonyl (C=O) groups is 3. The highest BCUT2D eigenvalue weighted by Crippen LogP contribution is 2.44. The number of amides is 2. The number of hydrogen-bond donors (Lipinski definition) is 1. The third kappa shape index (κ3) is 6.03. The molecule has 3 fully saturated rings. The van der Waals surface area contributed by atoms with Gasteiger partial charge in [-0.25, -0.2) is 4.79 Å². The zero-order valence-electron chi connectivity index (χ0n) is 18.9. The minimum absolute atomic E-state index is 0.245. The molecule has 3 heterocycles. The molecule has 1 N–H and O–H groups in total. The van der Waals surface area contributed by atoms with Gasteiger partial charge in [0.15, 0.2) is 0 Å². The van der Waals surface area contributed by atoms with Crippen LogP contribution in [0.15, 0.2) is 18.2 Å². The summed E-state index contributed by atoms with van der Waals surface area (Å²) >= 11 is 0. The number of halogens is 3. The van der Waals surface area contributed by atoms with Gasteiger partial charge < -0.3 is 14.9 Å². The van der Waals surface area contributed by atoms with Crippen molar-refractivity contribution >= 4 is 17.8 Å². The Bertz CT molecular complexity index is 897. The fourth-order valence-electron chi connectivity index (χ4n) is 4.71. The van der Waals surface area contributed by atoms with Gasteiger partial charge in [0.2, 0.25) is 11.8 Å². The van der Waals surface area contributed by atoms with Crippen LogP contribution in [0.4, 0.5) is 13.2 Å². The predicted molar refractivity (Wildman–Crippen MR) is 113 cm³/mol. The molecule has 1 aliphatic carbocycles. The molecule has 10 heteroatoms. The minimum atomic E-state index is -5.08. The number of carboxylic acid groups (broad SMARTS) is 1. The molecule has 4 rings (SSSR count). The van der Waals surface area contributed by atoms with Crippen molar-refractivity contribution in [2.24, 2.45) is 17.3 Å². The van der Waals surface area contributed by atoms with Crippen molar-refractivity contribution in [2.45, 2.75) is 58.7 Å². The number of aromatic nitrogens is 1. The Hall–Kier alpha value is -2.65. The third-order valence-electron chi connectivity index (χ3n) is 6.82. The van der Waals surface area contributed by atoms with E-state index in [-0.39, 0.29) is 17.2 Å². The van der Waals surface area contributed by atoms with E-state index < -0.39 is 12.1 Å². The van der Waals surface area contributed by atoms with E-state index in [4.69, 9.17) is 9.90 Å². The Morgan fingerprint density at radius 2 is 1.79 bits per heavy atom. The lowest BCUT2D eigenvalue weighted by Gasteiger charge is -2.46. The second-order valence-electron chi connectivity index (χ2n) is 9.33. The number of rotatable bonds is 3. The second kappa shape index (κ2) is 9.69. The van der Waals surface area contributed by atoms with Crippen molar-refractivity contribution in [3.05, 3.63) is 29.6 Å². The molecular formula is C23H30F3N3O4. The van der Waals surface area contributed by atoms with Crippen molar-refractivity contribution in [1.29, 1.82) is 0 Å². The van der Waals surface area contributed by atoms with Gasteiger partial charge in [0, 0.05) is 31.2 Å². The molecule has 3 aliphatic rings. The third-order valence-corrected chi connectivity index (χ3v) is 6.82. The summed E-state index contributed by atoms with van der Waals surface area (Å²) in [7, 11) is 0. The van der Waals surface area contributed by atoms with Crippen LogP contribution in [0.2, 0.25) is 0 Å². The maximum absolute atomic E-state index is 13.3. The molecule has 0 radical (unpaired) electrons. The molecule has 2 atom stereocenters. The summed E-state index contributed by atoms with van der Waals surface area (Å²) in [6.07, 6.45) is -0.403. The van der Waals surface area contributed by atoms with Crippen LogP contribution in [0, 0.1) is 24.2 Å². The Kier molecular flexibility index (Phi) is 7.33. The Morgan fingerprint density at radius 3 is 2.30 bits per heavy atom. The van der Waals surface area contributed by atoms with Crippen molar-refractivity contribution in [1.82, 2.24) is 14.8 Å². The van der Waals surface area contributed by atoms with Gasteiger partial charge in [0.1, 0.15) is 0 Å². The van der Waals surface area contributed by atoms with Crippen LogP contribution in [0.25, 0.3) is 0 Å². The first-order valence-electron chi connectivity index (χ1n) is 11.2. The average Bonchev–Trinajstić information content (AvgIpc) is 3.48. The molecule has 1 aromatic heterocycles. The highest BCUT2D eigenvalue weighted by molar-refractivity contribution is 5.85. The van der Waals surface area contributed by atoms with E-state index in [0.29, 0.717) is 18.4 Å². The lowest BCUT2D eigenvalue weighted by molar-refractivity contribution is -0.192.